The van der Waals surface area contributed by atoms with Crippen LogP contribution in [-0.2, 0) is 0 Å². The zero-order chi connectivity index (χ0) is 17.5. The van der Waals surface area contributed by atoms with Crippen molar-refractivity contribution >= 4 is 22.9 Å². The zero-order valence-corrected chi connectivity index (χ0v) is 14.6. The Kier molecular flexibility index (Phi) is 6.36. The molecule has 0 radical (unpaired) electrons. The number of carbonyl (C=O) groups is 1. The maximum atomic E-state index is 12.2. The fraction of sp³-hybridized carbons (Fsp3) is 0.400. The molecule has 2 N–H and O–H groups in total. The topological polar surface area (TPSA) is 61.7 Å². The van der Waals surface area contributed by atoms with E-state index in [-0.39, 0.29) is 11.3 Å². The molecule has 0 heterocycles. The van der Waals surface area contributed by atoms with E-state index in [1.807, 2.05) is 24.3 Å². The summed E-state index contributed by atoms with van der Waals surface area (Å²) in [4.78, 5) is 12.2. The van der Waals surface area contributed by atoms with Gasteiger partial charge in [-0.2, -0.15) is 5.10 Å². The lowest BCUT2D eigenvalue weighted by Crippen LogP contribution is -2.18. The molecule has 1 atom stereocenters. The van der Waals surface area contributed by atoms with Crippen LogP contribution < -0.4 is 5.43 Å². The van der Waals surface area contributed by atoms with E-state index in [1.165, 1.54) is 6.42 Å². The van der Waals surface area contributed by atoms with Crippen LogP contribution in [0.15, 0.2) is 41.5 Å². The Balaban J connectivity index is 1.95. The van der Waals surface area contributed by atoms with Crippen LogP contribution in [0.3, 0.4) is 0 Å². The summed E-state index contributed by atoms with van der Waals surface area (Å²) in [5, 5.41) is 15.9. The third-order valence-electron chi connectivity index (χ3n) is 4.08. The van der Waals surface area contributed by atoms with Crippen molar-refractivity contribution in [3.8, 4) is 5.75 Å². The average Bonchev–Trinajstić information content (AvgIpc) is 2.55. The number of amides is 1. The third kappa shape index (κ3) is 4.82. The summed E-state index contributed by atoms with van der Waals surface area (Å²) in [6.45, 7) is 6.52. The summed E-state index contributed by atoms with van der Waals surface area (Å²) in [5.41, 5.74) is 2.74. The molecule has 1 amide bonds. The van der Waals surface area contributed by atoms with E-state index in [9.17, 15) is 9.90 Å². The van der Waals surface area contributed by atoms with Crippen molar-refractivity contribution in [1.82, 2.24) is 5.43 Å². The minimum atomic E-state index is -0.399. The van der Waals surface area contributed by atoms with Gasteiger partial charge in [-0.1, -0.05) is 63.9 Å². The lowest BCUT2D eigenvalue weighted by Gasteiger charge is -2.08. The number of fused-ring (bicyclic) bond motifs is 1. The number of hydrogen-bond acceptors (Lipinski definition) is 3. The van der Waals surface area contributed by atoms with Gasteiger partial charge in [-0.3, -0.25) is 4.79 Å². The maximum Gasteiger partial charge on any atom is 0.275 e. The van der Waals surface area contributed by atoms with Gasteiger partial charge in [0.1, 0.15) is 5.75 Å². The summed E-state index contributed by atoms with van der Waals surface area (Å²) in [5.74, 6) is 0.619. The highest BCUT2D eigenvalue weighted by Gasteiger charge is 2.13. The molecule has 4 nitrogen and oxygen atoms in total. The minimum absolute atomic E-state index is 0.00854. The van der Waals surface area contributed by atoms with Gasteiger partial charge in [-0.05, 0) is 29.7 Å². The van der Waals surface area contributed by atoms with Crippen molar-refractivity contribution in [2.45, 2.75) is 40.0 Å². The van der Waals surface area contributed by atoms with Crippen LogP contribution in [0.5, 0.6) is 5.75 Å². The first kappa shape index (κ1) is 18.0. The Hall–Kier alpha value is -2.36. The zero-order valence-electron chi connectivity index (χ0n) is 14.6. The van der Waals surface area contributed by atoms with E-state index < -0.39 is 5.91 Å². The molecule has 2 aromatic rings. The Morgan fingerprint density at radius 1 is 1.17 bits per heavy atom. The largest absolute Gasteiger partial charge is 0.506 e. The number of carbonyl (C=O) groups excluding carboxylic acids is 1. The van der Waals surface area contributed by atoms with Crippen LogP contribution in [0.4, 0.5) is 0 Å². The SMILES string of the molecule is CC(C)CCCC(C)C=NNC(=O)c1ccc2ccccc2c1O. The third-order valence-corrected chi connectivity index (χ3v) is 4.08. The monoisotopic (exact) mass is 326 g/mol. The van der Waals surface area contributed by atoms with Gasteiger partial charge in [0.25, 0.3) is 5.91 Å². The number of nitrogens with zero attached hydrogens (tertiary/aromatic N) is 1. The van der Waals surface area contributed by atoms with E-state index in [1.54, 1.807) is 18.3 Å². The number of phenolic OH excluding ortho intramolecular Hbond substituents is 1. The molecule has 0 aromatic heterocycles. The lowest BCUT2D eigenvalue weighted by atomic mass is 10.0. The second-order valence-electron chi connectivity index (χ2n) is 6.70. The predicted octanol–water partition coefficient (Wildman–Crippen LogP) is 4.72. The maximum absolute atomic E-state index is 12.2. The van der Waals surface area contributed by atoms with Gasteiger partial charge in [-0.25, -0.2) is 5.43 Å². The summed E-state index contributed by atoms with van der Waals surface area (Å²) in [6, 6.07) is 10.9. The molecular formula is C20H26N2O2. The van der Waals surface area contributed by atoms with Crippen molar-refractivity contribution in [3.63, 3.8) is 0 Å². The molecule has 1 unspecified atom stereocenters. The second kappa shape index (κ2) is 8.48. The van der Waals surface area contributed by atoms with Crippen LogP contribution >= 0.6 is 0 Å². The summed E-state index contributed by atoms with van der Waals surface area (Å²) >= 11 is 0. The molecule has 0 aliphatic heterocycles. The molecule has 0 spiro atoms. The van der Waals surface area contributed by atoms with E-state index >= 15 is 0 Å². The molecule has 128 valence electrons. The Morgan fingerprint density at radius 2 is 1.92 bits per heavy atom. The van der Waals surface area contributed by atoms with Crippen molar-refractivity contribution in [2.75, 3.05) is 0 Å². The molecule has 0 aliphatic carbocycles. The first-order valence-electron chi connectivity index (χ1n) is 8.53. The normalized spacial score (nSPS) is 12.8. The standard InChI is InChI=1S/C20H26N2O2/c1-14(2)7-6-8-15(3)13-21-22-20(24)18-12-11-16-9-4-5-10-17(16)19(18)23/h4-5,9-15,23H,6-8H2,1-3H3,(H,22,24). The molecule has 0 fully saturated rings. The van der Waals surface area contributed by atoms with Crippen molar-refractivity contribution in [2.24, 2.45) is 16.9 Å². The molecule has 0 saturated heterocycles. The fourth-order valence-corrected chi connectivity index (χ4v) is 2.64. The van der Waals surface area contributed by atoms with Crippen LogP contribution in [0.1, 0.15) is 50.4 Å². The number of aromatic hydroxyl groups is 1. The fourth-order valence-electron chi connectivity index (χ4n) is 2.64. The minimum Gasteiger partial charge on any atom is -0.506 e. The van der Waals surface area contributed by atoms with Gasteiger partial charge in [-0.15, -0.1) is 0 Å². The number of phenols is 1. The molecule has 2 aromatic carbocycles. The average molecular weight is 326 g/mol. The van der Waals surface area contributed by atoms with Gasteiger partial charge in [0.15, 0.2) is 0 Å². The summed E-state index contributed by atoms with van der Waals surface area (Å²) < 4.78 is 0. The van der Waals surface area contributed by atoms with E-state index in [4.69, 9.17) is 0 Å². The van der Waals surface area contributed by atoms with Crippen molar-refractivity contribution in [3.05, 3.63) is 42.0 Å². The van der Waals surface area contributed by atoms with Crippen molar-refractivity contribution < 1.29 is 9.90 Å². The Bertz CT molecular complexity index is 723. The smallest absolute Gasteiger partial charge is 0.275 e. The second-order valence-corrected chi connectivity index (χ2v) is 6.70. The number of rotatable bonds is 7. The number of nitrogens with one attached hydrogen (secondary N) is 1. The molecule has 0 aliphatic rings. The van der Waals surface area contributed by atoms with E-state index in [0.717, 1.165) is 18.2 Å². The highest BCUT2D eigenvalue weighted by molar-refractivity contribution is 6.03. The Labute approximate surface area is 143 Å². The lowest BCUT2D eigenvalue weighted by molar-refractivity contribution is 0.0952. The predicted molar refractivity (Wildman–Crippen MR) is 99.4 cm³/mol. The molecule has 4 heteroatoms. The Morgan fingerprint density at radius 3 is 2.67 bits per heavy atom. The van der Waals surface area contributed by atoms with Crippen LogP contribution in [-0.4, -0.2) is 17.2 Å². The number of hydrazone groups is 1. The van der Waals surface area contributed by atoms with E-state index in [0.29, 0.717) is 17.2 Å². The molecule has 2 rings (SSSR count). The summed E-state index contributed by atoms with van der Waals surface area (Å²) in [7, 11) is 0. The van der Waals surface area contributed by atoms with Crippen LogP contribution in [0.2, 0.25) is 0 Å². The molecule has 24 heavy (non-hydrogen) atoms. The molecule has 0 bridgehead atoms. The quantitative estimate of drug-likeness (QED) is 0.571. The summed E-state index contributed by atoms with van der Waals surface area (Å²) in [6.07, 6.45) is 5.18. The first-order valence-corrected chi connectivity index (χ1v) is 8.53. The van der Waals surface area contributed by atoms with Gasteiger partial charge >= 0.3 is 0 Å². The molecular weight excluding hydrogens is 300 g/mol. The van der Waals surface area contributed by atoms with Gasteiger partial charge in [0, 0.05) is 11.6 Å². The van der Waals surface area contributed by atoms with Crippen molar-refractivity contribution in [1.29, 1.82) is 0 Å². The first-order chi connectivity index (χ1) is 11.5. The number of hydrogen-bond donors (Lipinski definition) is 2. The highest BCUT2D eigenvalue weighted by atomic mass is 16.3. The van der Waals surface area contributed by atoms with Crippen LogP contribution in [0.25, 0.3) is 10.8 Å². The van der Waals surface area contributed by atoms with Gasteiger partial charge in [0.05, 0.1) is 5.56 Å². The number of benzene rings is 2. The highest BCUT2D eigenvalue weighted by Crippen LogP contribution is 2.28. The van der Waals surface area contributed by atoms with Crippen LogP contribution in [0, 0.1) is 11.8 Å². The van der Waals surface area contributed by atoms with Gasteiger partial charge in [0.2, 0.25) is 0 Å². The molecule has 0 saturated carbocycles. The van der Waals surface area contributed by atoms with Gasteiger partial charge < -0.3 is 5.11 Å². The van der Waals surface area contributed by atoms with E-state index in [2.05, 4.69) is 31.3 Å².